The average molecular weight is 314 g/mol. The molecule has 0 atom stereocenters. The van der Waals surface area contributed by atoms with Crippen molar-refractivity contribution < 1.29 is 14.3 Å². The number of nitrogens with zero attached hydrogens (tertiary/aromatic N) is 1. The molecule has 18 heavy (non-hydrogen) atoms. The molecule has 7 heteroatoms. The Kier molecular flexibility index (Phi) is 3.71. The molecule has 96 valence electrons. The van der Waals surface area contributed by atoms with Crippen LogP contribution in [0.2, 0.25) is 0 Å². The molecular weight excluding hydrogens is 302 g/mol. The molecule has 1 heterocycles. The first-order valence-corrected chi connectivity index (χ1v) is 6.12. The highest BCUT2D eigenvalue weighted by atomic mass is 79.9. The molecule has 3 N–H and O–H groups in total. The van der Waals surface area contributed by atoms with Crippen LogP contribution in [0, 0.1) is 0 Å². The molecule has 0 spiro atoms. The second-order valence-electron chi connectivity index (χ2n) is 3.82. The van der Waals surface area contributed by atoms with Gasteiger partial charge in [-0.15, -0.1) is 0 Å². The Morgan fingerprint density at radius 1 is 1.56 bits per heavy atom. The summed E-state index contributed by atoms with van der Waals surface area (Å²) in [6.45, 7) is 0.752. The summed E-state index contributed by atoms with van der Waals surface area (Å²) < 4.78 is 5.43. The first-order chi connectivity index (χ1) is 8.56. The highest BCUT2D eigenvalue weighted by molar-refractivity contribution is 9.10. The summed E-state index contributed by atoms with van der Waals surface area (Å²) in [4.78, 5) is 24.3. The number of nitrogens with one attached hydrogen (secondary N) is 1. The van der Waals surface area contributed by atoms with E-state index in [4.69, 9.17) is 10.5 Å². The molecule has 1 aliphatic rings. The van der Waals surface area contributed by atoms with Crippen LogP contribution in [0.5, 0.6) is 0 Å². The predicted molar refractivity (Wildman–Crippen MR) is 70.1 cm³/mol. The fourth-order valence-electron chi connectivity index (χ4n) is 1.57. The number of nitrogen functional groups attached to an aromatic ring is 1. The van der Waals surface area contributed by atoms with E-state index in [-0.39, 0.29) is 12.5 Å². The Morgan fingerprint density at radius 3 is 2.94 bits per heavy atom. The second-order valence-corrected chi connectivity index (χ2v) is 4.68. The van der Waals surface area contributed by atoms with Crippen LogP contribution in [0.1, 0.15) is 0 Å². The van der Waals surface area contributed by atoms with E-state index in [2.05, 4.69) is 21.2 Å². The van der Waals surface area contributed by atoms with Crippen molar-refractivity contribution in [3.63, 3.8) is 0 Å². The molecule has 0 aliphatic carbocycles. The van der Waals surface area contributed by atoms with E-state index in [9.17, 15) is 9.59 Å². The first kappa shape index (κ1) is 12.7. The summed E-state index contributed by atoms with van der Waals surface area (Å²) in [6, 6.07) is 5.07. The van der Waals surface area contributed by atoms with E-state index in [1.807, 2.05) is 0 Å². The lowest BCUT2D eigenvalue weighted by atomic mass is 10.3. The minimum absolute atomic E-state index is 0.0182. The Bertz CT molecular complexity index is 492. The van der Waals surface area contributed by atoms with Gasteiger partial charge < -0.3 is 15.8 Å². The summed E-state index contributed by atoms with van der Waals surface area (Å²) >= 11 is 3.30. The Hall–Kier alpha value is -1.76. The van der Waals surface area contributed by atoms with Gasteiger partial charge in [0, 0.05) is 10.2 Å². The lowest BCUT2D eigenvalue weighted by Gasteiger charge is -2.13. The highest BCUT2D eigenvalue weighted by Gasteiger charge is 2.24. The molecule has 0 bridgehead atoms. The molecule has 6 nitrogen and oxygen atoms in total. The molecule has 1 aromatic rings. The first-order valence-electron chi connectivity index (χ1n) is 5.33. The standard InChI is InChI=1S/C11H12BrN3O3/c12-8-5-7(13)1-2-9(8)14-10(16)6-15-3-4-18-11(15)17/h1-2,5H,3-4,6,13H2,(H,14,16). The van der Waals surface area contributed by atoms with E-state index < -0.39 is 6.09 Å². The van der Waals surface area contributed by atoms with E-state index >= 15 is 0 Å². The number of carbonyl (C=O) groups excluding carboxylic acids is 2. The number of hydrogen-bond donors (Lipinski definition) is 2. The number of hydrogen-bond acceptors (Lipinski definition) is 4. The number of anilines is 2. The highest BCUT2D eigenvalue weighted by Crippen LogP contribution is 2.24. The van der Waals surface area contributed by atoms with Gasteiger partial charge in [-0.3, -0.25) is 9.69 Å². The van der Waals surface area contributed by atoms with Crippen molar-refractivity contribution in [2.45, 2.75) is 0 Å². The van der Waals surface area contributed by atoms with Crippen molar-refractivity contribution in [1.82, 2.24) is 4.90 Å². The lowest BCUT2D eigenvalue weighted by molar-refractivity contribution is -0.116. The van der Waals surface area contributed by atoms with Crippen LogP contribution in [0.25, 0.3) is 0 Å². The Morgan fingerprint density at radius 2 is 2.33 bits per heavy atom. The molecule has 1 aliphatic heterocycles. The summed E-state index contributed by atoms with van der Waals surface area (Å²) in [7, 11) is 0. The minimum atomic E-state index is -0.457. The molecule has 0 aromatic heterocycles. The van der Waals surface area contributed by atoms with Gasteiger partial charge >= 0.3 is 6.09 Å². The fraction of sp³-hybridized carbons (Fsp3) is 0.273. The zero-order valence-corrected chi connectivity index (χ0v) is 11.1. The van der Waals surface area contributed by atoms with Gasteiger partial charge in [-0.1, -0.05) is 0 Å². The van der Waals surface area contributed by atoms with Crippen LogP contribution in [-0.4, -0.2) is 36.6 Å². The topological polar surface area (TPSA) is 84.7 Å². The quantitative estimate of drug-likeness (QED) is 0.827. The van der Waals surface area contributed by atoms with Gasteiger partial charge in [0.25, 0.3) is 0 Å². The molecule has 0 unspecified atom stereocenters. The molecule has 0 radical (unpaired) electrons. The summed E-state index contributed by atoms with van der Waals surface area (Å²) in [5.41, 5.74) is 6.81. The van der Waals surface area contributed by atoms with Gasteiger partial charge in [0.15, 0.2) is 0 Å². The van der Waals surface area contributed by atoms with Crippen molar-refractivity contribution in [3.8, 4) is 0 Å². The predicted octanol–water partition coefficient (Wildman–Crippen LogP) is 1.42. The number of cyclic esters (lactones) is 1. The number of nitrogens with two attached hydrogens (primary N) is 1. The maximum atomic E-state index is 11.7. The third kappa shape index (κ3) is 2.92. The van der Waals surface area contributed by atoms with Crippen LogP contribution in [0.3, 0.4) is 0 Å². The zero-order chi connectivity index (χ0) is 13.1. The van der Waals surface area contributed by atoms with Crippen molar-refractivity contribution in [2.75, 3.05) is 30.7 Å². The number of halogens is 1. The molecule has 2 amide bonds. The summed E-state index contributed by atoms with van der Waals surface area (Å²) in [6.07, 6.45) is -0.457. The maximum absolute atomic E-state index is 11.7. The lowest BCUT2D eigenvalue weighted by Crippen LogP contribution is -2.33. The maximum Gasteiger partial charge on any atom is 0.410 e. The SMILES string of the molecule is Nc1ccc(NC(=O)CN2CCOC2=O)c(Br)c1. The normalized spacial score (nSPS) is 14.5. The van der Waals surface area contributed by atoms with Crippen LogP contribution < -0.4 is 11.1 Å². The van der Waals surface area contributed by atoms with E-state index in [1.54, 1.807) is 18.2 Å². The monoisotopic (exact) mass is 313 g/mol. The van der Waals surface area contributed by atoms with Crippen LogP contribution >= 0.6 is 15.9 Å². The summed E-state index contributed by atoms with van der Waals surface area (Å²) in [5.74, 6) is -0.278. The minimum Gasteiger partial charge on any atom is -0.448 e. The Labute approximate surface area is 112 Å². The van der Waals surface area contributed by atoms with E-state index in [0.717, 1.165) is 0 Å². The van der Waals surface area contributed by atoms with Gasteiger partial charge in [-0.05, 0) is 34.1 Å². The third-order valence-corrected chi connectivity index (χ3v) is 3.10. The van der Waals surface area contributed by atoms with E-state index in [0.29, 0.717) is 29.0 Å². The van der Waals surface area contributed by atoms with Gasteiger partial charge in [0.1, 0.15) is 13.2 Å². The van der Waals surface area contributed by atoms with Gasteiger partial charge in [-0.25, -0.2) is 4.79 Å². The smallest absolute Gasteiger partial charge is 0.410 e. The number of carbonyl (C=O) groups is 2. The zero-order valence-electron chi connectivity index (χ0n) is 9.48. The van der Waals surface area contributed by atoms with Gasteiger partial charge in [-0.2, -0.15) is 0 Å². The second kappa shape index (κ2) is 5.26. The number of rotatable bonds is 3. The fourth-order valence-corrected chi connectivity index (χ4v) is 2.06. The van der Waals surface area contributed by atoms with Crippen LogP contribution in [-0.2, 0) is 9.53 Å². The molecule has 1 saturated heterocycles. The van der Waals surface area contributed by atoms with Crippen molar-refractivity contribution >= 4 is 39.3 Å². The number of ether oxygens (including phenoxy) is 1. The van der Waals surface area contributed by atoms with Crippen LogP contribution in [0.4, 0.5) is 16.2 Å². The molecule has 1 fully saturated rings. The van der Waals surface area contributed by atoms with Gasteiger partial charge in [0.05, 0.1) is 12.2 Å². The van der Waals surface area contributed by atoms with Crippen molar-refractivity contribution in [2.24, 2.45) is 0 Å². The summed E-state index contributed by atoms with van der Waals surface area (Å²) in [5, 5.41) is 2.69. The molecule has 1 aromatic carbocycles. The average Bonchev–Trinajstić information content (AvgIpc) is 2.69. The molecule has 0 saturated carbocycles. The van der Waals surface area contributed by atoms with Gasteiger partial charge in [0.2, 0.25) is 5.91 Å². The number of benzene rings is 1. The largest absolute Gasteiger partial charge is 0.448 e. The van der Waals surface area contributed by atoms with Crippen LogP contribution in [0.15, 0.2) is 22.7 Å². The van der Waals surface area contributed by atoms with E-state index in [1.165, 1.54) is 4.90 Å². The van der Waals surface area contributed by atoms with Crippen molar-refractivity contribution in [1.29, 1.82) is 0 Å². The Balaban J connectivity index is 1.96. The molecule has 2 rings (SSSR count). The molecular formula is C11H12BrN3O3. The third-order valence-electron chi connectivity index (χ3n) is 2.45. The van der Waals surface area contributed by atoms with Crippen molar-refractivity contribution in [3.05, 3.63) is 22.7 Å². The number of amides is 2.